The Bertz CT molecular complexity index is 343. The van der Waals surface area contributed by atoms with Gasteiger partial charge >= 0.3 is 0 Å². The Morgan fingerprint density at radius 2 is 2.17 bits per heavy atom. The molecule has 0 amide bonds. The second-order valence-electron chi connectivity index (χ2n) is 5.20. The fraction of sp³-hybridized carbons (Fsp3) is 0.786. The first-order valence-electron chi connectivity index (χ1n) is 7.09. The van der Waals surface area contributed by atoms with E-state index in [1.807, 2.05) is 22.6 Å². The molecular formula is C14H25N3S. The summed E-state index contributed by atoms with van der Waals surface area (Å²) in [5, 5.41) is 8.94. The van der Waals surface area contributed by atoms with Gasteiger partial charge in [-0.25, -0.2) is 0 Å². The van der Waals surface area contributed by atoms with E-state index in [1.165, 1.54) is 31.2 Å². The molecule has 3 nitrogen and oxygen atoms in total. The van der Waals surface area contributed by atoms with Crippen LogP contribution in [-0.4, -0.2) is 27.3 Å². The molecule has 102 valence electrons. The molecule has 0 spiro atoms. The van der Waals surface area contributed by atoms with Crippen LogP contribution < -0.4 is 5.32 Å². The highest BCUT2D eigenvalue weighted by Crippen LogP contribution is 2.26. The predicted octanol–water partition coefficient (Wildman–Crippen LogP) is 3.06. The van der Waals surface area contributed by atoms with Crippen LogP contribution in [0.25, 0.3) is 0 Å². The summed E-state index contributed by atoms with van der Waals surface area (Å²) in [5.74, 6) is 0. The van der Waals surface area contributed by atoms with Crippen molar-refractivity contribution in [2.45, 2.75) is 63.4 Å². The molecule has 0 aromatic carbocycles. The molecule has 4 heteroatoms. The van der Waals surface area contributed by atoms with Crippen molar-refractivity contribution in [2.75, 3.05) is 6.26 Å². The minimum Gasteiger partial charge on any atom is -0.310 e. The summed E-state index contributed by atoms with van der Waals surface area (Å²) in [7, 11) is 0. The molecule has 1 aromatic heterocycles. The van der Waals surface area contributed by atoms with Crippen molar-refractivity contribution in [2.24, 2.45) is 0 Å². The summed E-state index contributed by atoms with van der Waals surface area (Å²) < 4.78 is 2.04. The molecule has 0 atom stereocenters. The Morgan fingerprint density at radius 1 is 1.39 bits per heavy atom. The highest BCUT2D eigenvalue weighted by Gasteiger charge is 2.19. The third-order valence-electron chi connectivity index (χ3n) is 3.74. The van der Waals surface area contributed by atoms with Gasteiger partial charge in [0.25, 0.3) is 0 Å². The molecule has 0 radical (unpaired) electrons. The molecule has 0 bridgehead atoms. The number of hydrogen-bond acceptors (Lipinski definition) is 3. The molecule has 1 saturated carbocycles. The minimum atomic E-state index is 0.711. The van der Waals surface area contributed by atoms with Crippen molar-refractivity contribution in [3.05, 3.63) is 18.0 Å². The van der Waals surface area contributed by atoms with E-state index >= 15 is 0 Å². The van der Waals surface area contributed by atoms with Crippen LogP contribution in [0, 0.1) is 0 Å². The Hall–Kier alpha value is -0.480. The van der Waals surface area contributed by atoms with Gasteiger partial charge in [-0.3, -0.25) is 4.68 Å². The third kappa shape index (κ3) is 4.02. The molecule has 0 aliphatic heterocycles. The number of nitrogens with one attached hydrogen (secondary N) is 1. The van der Waals surface area contributed by atoms with Crippen LogP contribution in [0.2, 0.25) is 0 Å². The van der Waals surface area contributed by atoms with Crippen molar-refractivity contribution < 1.29 is 0 Å². The molecule has 1 heterocycles. The van der Waals surface area contributed by atoms with E-state index in [-0.39, 0.29) is 0 Å². The fourth-order valence-corrected chi connectivity index (χ4v) is 3.36. The van der Waals surface area contributed by atoms with Crippen LogP contribution in [0.4, 0.5) is 0 Å². The SMILES string of the molecule is CCCn1cc(CNC2CCC(SC)CC2)cn1. The fourth-order valence-electron chi connectivity index (χ4n) is 2.61. The number of aromatic nitrogens is 2. The second-order valence-corrected chi connectivity index (χ2v) is 6.34. The monoisotopic (exact) mass is 267 g/mol. The van der Waals surface area contributed by atoms with Crippen LogP contribution in [0.3, 0.4) is 0 Å². The van der Waals surface area contributed by atoms with Gasteiger partial charge in [0, 0.05) is 36.1 Å². The average Bonchev–Trinajstić information content (AvgIpc) is 2.85. The van der Waals surface area contributed by atoms with E-state index in [4.69, 9.17) is 0 Å². The normalized spacial score (nSPS) is 24.3. The van der Waals surface area contributed by atoms with Gasteiger partial charge in [-0.05, 0) is 38.4 Å². The van der Waals surface area contributed by atoms with E-state index in [0.717, 1.165) is 24.8 Å². The Labute approximate surface area is 115 Å². The zero-order chi connectivity index (χ0) is 12.8. The van der Waals surface area contributed by atoms with Crippen molar-refractivity contribution in [1.29, 1.82) is 0 Å². The lowest BCUT2D eigenvalue weighted by molar-refractivity contribution is 0.379. The lowest BCUT2D eigenvalue weighted by Gasteiger charge is -2.28. The first-order valence-corrected chi connectivity index (χ1v) is 8.38. The van der Waals surface area contributed by atoms with E-state index in [0.29, 0.717) is 6.04 Å². The second kappa shape index (κ2) is 7.19. The summed E-state index contributed by atoms with van der Waals surface area (Å²) in [6.45, 7) is 4.18. The number of rotatable bonds is 6. The van der Waals surface area contributed by atoms with Gasteiger partial charge in [-0.15, -0.1) is 0 Å². The van der Waals surface area contributed by atoms with Crippen LogP contribution in [0.5, 0.6) is 0 Å². The molecule has 0 saturated heterocycles. The van der Waals surface area contributed by atoms with Gasteiger partial charge in [0.2, 0.25) is 0 Å². The summed E-state index contributed by atoms with van der Waals surface area (Å²) >= 11 is 2.03. The number of hydrogen-bond donors (Lipinski definition) is 1. The molecule has 2 rings (SSSR count). The maximum atomic E-state index is 4.37. The van der Waals surface area contributed by atoms with Gasteiger partial charge < -0.3 is 5.32 Å². The zero-order valence-electron chi connectivity index (χ0n) is 11.6. The standard InChI is InChI=1S/C14H25N3S/c1-3-8-17-11-12(10-16-17)9-15-13-4-6-14(18-2)7-5-13/h10-11,13-15H,3-9H2,1-2H3. The van der Waals surface area contributed by atoms with Crippen molar-refractivity contribution in [3.63, 3.8) is 0 Å². The van der Waals surface area contributed by atoms with Gasteiger partial charge in [-0.1, -0.05) is 6.92 Å². The molecule has 0 unspecified atom stereocenters. The minimum absolute atomic E-state index is 0.711. The van der Waals surface area contributed by atoms with E-state index in [1.54, 1.807) is 0 Å². The van der Waals surface area contributed by atoms with Crippen molar-refractivity contribution in [3.8, 4) is 0 Å². The largest absolute Gasteiger partial charge is 0.310 e. The summed E-state index contributed by atoms with van der Waals surface area (Å²) in [6.07, 6.45) is 12.9. The van der Waals surface area contributed by atoms with Gasteiger partial charge in [0.15, 0.2) is 0 Å². The molecule has 1 aliphatic carbocycles. The summed E-state index contributed by atoms with van der Waals surface area (Å²) in [6, 6.07) is 0.711. The zero-order valence-corrected chi connectivity index (χ0v) is 12.4. The van der Waals surface area contributed by atoms with E-state index in [2.05, 4.69) is 29.8 Å². The Kier molecular flexibility index (Phi) is 5.57. The van der Waals surface area contributed by atoms with Crippen LogP contribution in [0.15, 0.2) is 12.4 Å². The molecule has 1 fully saturated rings. The summed E-state index contributed by atoms with van der Waals surface area (Å²) in [4.78, 5) is 0. The number of thioether (sulfide) groups is 1. The van der Waals surface area contributed by atoms with Crippen molar-refractivity contribution in [1.82, 2.24) is 15.1 Å². The predicted molar refractivity (Wildman–Crippen MR) is 78.9 cm³/mol. The van der Waals surface area contributed by atoms with Crippen LogP contribution >= 0.6 is 11.8 Å². The quantitative estimate of drug-likeness (QED) is 0.859. The molecule has 18 heavy (non-hydrogen) atoms. The van der Waals surface area contributed by atoms with Gasteiger partial charge in [-0.2, -0.15) is 16.9 Å². The van der Waals surface area contributed by atoms with Gasteiger partial charge in [0.1, 0.15) is 0 Å². The van der Waals surface area contributed by atoms with E-state index < -0.39 is 0 Å². The number of nitrogens with zero attached hydrogens (tertiary/aromatic N) is 2. The van der Waals surface area contributed by atoms with Crippen LogP contribution in [0.1, 0.15) is 44.6 Å². The molecule has 1 N–H and O–H groups in total. The first kappa shape index (κ1) is 13.9. The maximum absolute atomic E-state index is 4.37. The lowest BCUT2D eigenvalue weighted by Crippen LogP contribution is -2.33. The highest BCUT2D eigenvalue weighted by molar-refractivity contribution is 7.99. The van der Waals surface area contributed by atoms with Gasteiger partial charge in [0.05, 0.1) is 6.20 Å². The molecule has 1 aromatic rings. The molecular weight excluding hydrogens is 242 g/mol. The average molecular weight is 267 g/mol. The third-order valence-corrected chi connectivity index (χ3v) is 4.88. The van der Waals surface area contributed by atoms with Crippen molar-refractivity contribution >= 4 is 11.8 Å². The summed E-state index contributed by atoms with van der Waals surface area (Å²) in [5.41, 5.74) is 1.32. The van der Waals surface area contributed by atoms with E-state index in [9.17, 15) is 0 Å². The maximum Gasteiger partial charge on any atom is 0.0534 e. The van der Waals surface area contributed by atoms with Crippen LogP contribution in [-0.2, 0) is 13.1 Å². The first-order chi connectivity index (χ1) is 8.81. The Morgan fingerprint density at radius 3 is 2.83 bits per heavy atom. The molecule has 1 aliphatic rings. The smallest absolute Gasteiger partial charge is 0.0534 e. The lowest BCUT2D eigenvalue weighted by atomic mass is 9.95. The highest BCUT2D eigenvalue weighted by atomic mass is 32.2. The topological polar surface area (TPSA) is 29.9 Å². The number of aryl methyl sites for hydroxylation is 1. The Balaban J connectivity index is 1.71.